The van der Waals surface area contributed by atoms with Crippen LogP contribution in [0.1, 0.15) is 185 Å². The Bertz CT molecular complexity index is 1590. The highest BCUT2D eigenvalue weighted by atomic mass is 16.5. The first kappa shape index (κ1) is 48.6. The predicted molar refractivity (Wildman–Crippen MR) is 235 cm³/mol. The maximum absolute atomic E-state index is 14.6. The summed E-state index contributed by atoms with van der Waals surface area (Å²) in [6.45, 7) is 26.8. The average molecular weight is 841 g/mol. The first-order valence-corrected chi connectivity index (χ1v) is 23.9. The molecule has 0 radical (unpaired) electrons. The van der Waals surface area contributed by atoms with Gasteiger partial charge < -0.3 is 30.7 Å². The lowest BCUT2D eigenvalue weighted by Crippen LogP contribution is -2.67. The second-order valence-electron chi connectivity index (χ2n) is 23.0. The second-order valence-corrected chi connectivity index (χ2v) is 23.0. The van der Waals surface area contributed by atoms with Crippen LogP contribution in [0.3, 0.4) is 0 Å². The SMILES string of the molecule is C=C(C)[C@@H]1CC[C@]2(C(=O)NCCCCCCCC(=O)NC(CC(C)C)C(O)O)CC[C@]3(C)[C@H](CCC4[C@@]5(C)CC[C@H](OC(=O)CC(C)(C)C(=O)O)C(C)(C)[C@@H]5CC[C@]43C)[C@@H]12. The molecule has 5 rings (SSSR count). The number of fused-ring (bicyclic) bond motifs is 7. The van der Waals surface area contributed by atoms with Gasteiger partial charge in [-0.3, -0.25) is 19.2 Å². The fourth-order valence-corrected chi connectivity index (χ4v) is 14.7. The van der Waals surface area contributed by atoms with Crippen molar-refractivity contribution in [1.82, 2.24) is 10.6 Å². The van der Waals surface area contributed by atoms with Crippen molar-refractivity contribution in [3.8, 4) is 0 Å². The Morgan fingerprint density at radius 2 is 1.48 bits per heavy atom. The van der Waals surface area contributed by atoms with Gasteiger partial charge in [-0.15, -0.1) is 0 Å². The van der Waals surface area contributed by atoms with Crippen LogP contribution in [0.4, 0.5) is 0 Å². The standard InChI is InChI=1S/C50H84N2O8/c1-31(2)29-35(42(55)56)52-39(53)17-15-13-12-14-16-28-51-43(57)50-25-20-33(32(3)4)41(50)34-18-19-37-47(9)23-22-38(60-40(54)30-45(5,6)44(58)59)46(7,8)36(47)21-24-49(37,11)48(34,10)26-27-50/h31,33-38,41-42,55-56H,3,12-30H2,1-2,4-11H3,(H,51,57)(H,52,53)(H,58,59)/t33-,34+,35?,36-,37?,38-,41+,47-,48+,49+,50-/m0/s1. The van der Waals surface area contributed by atoms with Crippen molar-refractivity contribution in [2.24, 2.45) is 68.0 Å². The van der Waals surface area contributed by atoms with E-state index in [1.54, 1.807) is 13.8 Å². The Morgan fingerprint density at radius 3 is 2.12 bits per heavy atom. The molecular weight excluding hydrogens is 757 g/mol. The van der Waals surface area contributed by atoms with Crippen LogP contribution in [-0.2, 0) is 23.9 Å². The summed E-state index contributed by atoms with van der Waals surface area (Å²) in [7, 11) is 0. The van der Waals surface area contributed by atoms with E-state index in [0.717, 1.165) is 96.3 Å². The Labute approximate surface area is 362 Å². The molecule has 10 heteroatoms. The van der Waals surface area contributed by atoms with Gasteiger partial charge in [0.25, 0.3) is 0 Å². The third-order valence-electron chi connectivity index (χ3n) is 18.2. The number of hydrogen-bond acceptors (Lipinski definition) is 7. The van der Waals surface area contributed by atoms with Crippen LogP contribution in [0.5, 0.6) is 0 Å². The molecule has 60 heavy (non-hydrogen) atoms. The molecule has 0 aromatic carbocycles. The third kappa shape index (κ3) is 9.13. The number of unbranched alkanes of at least 4 members (excludes halogenated alkanes) is 4. The van der Waals surface area contributed by atoms with Gasteiger partial charge in [0.2, 0.25) is 11.8 Å². The number of carbonyl (C=O) groups excluding carboxylic acids is 3. The number of nitrogens with one attached hydrogen (secondary N) is 2. The number of aliphatic carboxylic acids is 1. The summed E-state index contributed by atoms with van der Waals surface area (Å²) in [6, 6.07) is -0.641. The van der Waals surface area contributed by atoms with Gasteiger partial charge in [0.05, 0.1) is 23.3 Å². The normalized spacial score (nSPS) is 36.3. The zero-order valence-electron chi connectivity index (χ0n) is 39.2. The maximum Gasteiger partial charge on any atom is 0.309 e. The summed E-state index contributed by atoms with van der Waals surface area (Å²) in [5.74, 6) is 0.960. The highest BCUT2D eigenvalue weighted by Gasteiger charge is 2.72. The summed E-state index contributed by atoms with van der Waals surface area (Å²) >= 11 is 0. The van der Waals surface area contributed by atoms with E-state index < -0.39 is 29.7 Å². The maximum atomic E-state index is 14.6. The highest BCUT2D eigenvalue weighted by molar-refractivity contribution is 5.84. The number of allylic oxidation sites excluding steroid dienone is 1. The number of ether oxygens (including phenoxy) is 1. The van der Waals surface area contributed by atoms with Gasteiger partial charge in [-0.1, -0.05) is 79.9 Å². The molecule has 342 valence electrons. The number of carbonyl (C=O) groups is 4. The minimum absolute atomic E-state index is 0.0927. The highest BCUT2D eigenvalue weighted by Crippen LogP contribution is 2.77. The van der Waals surface area contributed by atoms with E-state index in [2.05, 4.69) is 58.8 Å². The monoisotopic (exact) mass is 841 g/mol. The molecule has 0 saturated heterocycles. The Hall–Kier alpha value is -2.46. The van der Waals surface area contributed by atoms with Crippen molar-refractivity contribution in [3.63, 3.8) is 0 Å². The zero-order chi connectivity index (χ0) is 44.6. The summed E-state index contributed by atoms with van der Waals surface area (Å²) in [5.41, 5.74) is -0.229. The number of aliphatic hydroxyl groups is 2. The molecule has 10 nitrogen and oxygen atoms in total. The van der Waals surface area contributed by atoms with Crippen molar-refractivity contribution >= 4 is 23.8 Å². The van der Waals surface area contributed by atoms with Crippen molar-refractivity contribution in [2.75, 3.05) is 6.54 Å². The van der Waals surface area contributed by atoms with E-state index >= 15 is 0 Å². The molecule has 5 aliphatic rings. The molecule has 2 amide bonds. The quantitative estimate of drug-likeness (QED) is 0.0395. The largest absolute Gasteiger partial charge is 0.481 e. The van der Waals surface area contributed by atoms with E-state index in [-0.39, 0.29) is 63.2 Å². The predicted octanol–water partition coefficient (Wildman–Crippen LogP) is 9.36. The van der Waals surface area contributed by atoms with Gasteiger partial charge in [-0.25, -0.2) is 0 Å². The fourth-order valence-electron chi connectivity index (χ4n) is 14.7. The average Bonchev–Trinajstić information content (AvgIpc) is 3.55. The van der Waals surface area contributed by atoms with Crippen molar-refractivity contribution in [3.05, 3.63) is 12.2 Å². The van der Waals surface area contributed by atoms with Crippen molar-refractivity contribution in [2.45, 2.75) is 203 Å². The molecule has 5 aliphatic carbocycles. The number of carboxylic acids is 1. The molecule has 0 spiro atoms. The third-order valence-corrected chi connectivity index (χ3v) is 18.2. The number of hydrogen-bond donors (Lipinski definition) is 5. The molecule has 0 aromatic rings. The van der Waals surface area contributed by atoms with Crippen LogP contribution in [0, 0.1) is 68.0 Å². The van der Waals surface area contributed by atoms with Gasteiger partial charge >= 0.3 is 11.9 Å². The fraction of sp³-hybridized carbons (Fsp3) is 0.880. The Balaban J connectivity index is 1.20. The minimum atomic E-state index is -1.56. The lowest BCUT2D eigenvalue weighted by molar-refractivity contribution is -0.249. The summed E-state index contributed by atoms with van der Waals surface area (Å²) in [5, 5.41) is 35.1. The van der Waals surface area contributed by atoms with E-state index in [4.69, 9.17) is 4.74 Å². The molecule has 5 saturated carbocycles. The van der Waals surface area contributed by atoms with Gasteiger partial charge in [0.15, 0.2) is 6.29 Å². The smallest absolute Gasteiger partial charge is 0.309 e. The topological polar surface area (TPSA) is 162 Å². The molecular formula is C50H84N2O8. The summed E-state index contributed by atoms with van der Waals surface area (Å²) in [4.78, 5) is 51.9. The second kappa shape index (κ2) is 18.3. The first-order chi connectivity index (χ1) is 27.9. The lowest BCUT2D eigenvalue weighted by atomic mass is 9.32. The number of carboxylic acid groups (broad SMARTS) is 1. The molecule has 0 heterocycles. The van der Waals surface area contributed by atoms with Gasteiger partial charge in [0.1, 0.15) is 6.10 Å². The van der Waals surface area contributed by atoms with Crippen molar-refractivity contribution in [1.29, 1.82) is 0 Å². The van der Waals surface area contributed by atoms with Crippen molar-refractivity contribution < 1.29 is 39.2 Å². The number of amides is 2. The van der Waals surface area contributed by atoms with Gasteiger partial charge in [0, 0.05) is 18.4 Å². The Morgan fingerprint density at radius 1 is 0.817 bits per heavy atom. The van der Waals surface area contributed by atoms with Crippen LogP contribution in [-0.4, -0.2) is 64.1 Å². The van der Waals surface area contributed by atoms with Gasteiger partial charge in [-0.05, 0) is 156 Å². The molecule has 5 fully saturated rings. The van der Waals surface area contributed by atoms with Crippen LogP contribution >= 0.6 is 0 Å². The number of rotatable bonds is 18. The summed E-state index contributed by atoms with van der Waals surface area (Å²) < 4.78 is 6.18. The van der Waals surface area contributed by atoms with E-state index in [1.807, 2.05) is 13.8 Å². The van der Waals surface area contributed by atoms with Gasteiger partial charge in [-0.2, -0.15) is 0 Å². The van der Waals surface area contributed by atoms with Crippen LogP contribution in [0.25, 0.3) is 0 Å². The zero-order valence-corrected chi connectivity index (χ0v) is 39.2. The van der Waals surface area contributed by atoms with Crippen LogP contribution < -0.4 is 10.6 Å². The molecule has 0 aliphatic heterocycles. The lowest BCUT2D eigenvalue weighted by Gasteiger charge is -2.72. The van der Waals surface area contributed by atoms with E-state index in [0.29, 0.717) is 43.1 Å². The minimum Gasteiger partial charge on any atom is -0.481 e. The van der Waals surface area contributed by atoms with Crippen LogP contribution in [0.2, 0.25) is 0 Å². The molecule has 0 aromatic heterocycles. The number of aliphatic hydroxyl groups excluding tert-OH is 1. The first-order valence-electron chi connectivity index (χ1n) is 23.9. The molecule has 11 atom stereocenters. The summed E-state index contributed by atoms with van der Waals surface area (Å²) in [6.07, 6.45) is 13.7. The number of esters is 1. The molecule has 2 unspecified atom stereocenters. The molecule has 5 N–H and O–H groups in total. The Kier molecular flexibility index (Phi) is 14.8. The van der Waals surface area contributed by atoms with Crippen LogP contribution in [0.15, 0.2) is 12.2 Å². The molecule has 0 bridgehead atoms. The van der Waals surface area contributed by atoms with E-state index in [9.17, 15) is 34.5 Å². The van der Waals surface area contributed by atoms with E-state index in [1.165, 1.54) is 5.57 Å².